The van der Waals surface area contributed by atoms with Crippen LogP contribution in [0, 0.1) is 0 Å². The van der Waals surface area contributed by atoms with Crippen LogP contribution in [-0.4, -0.2) is 78.3 Å². The molecule has 0 unspecified atom stereocenters. The first-order valence-electron chi connectivity index (χ1n) is 12.1. The van der Waals surface area contributed by atoms with Crippen molar-refractivity contribution in [1.29, 1.82) is 0 Å². The minimum Gasteiger partial charge on any atom is -0.408 e. The number of fused-ring (bicyclic) bond motifs is 2. The highest BCUT2D eigenvalue weighted by Gasteiger charge is 2.73. The van der Waals surface area contributed by atoms with Crippen molar-refractivity contribution in [3.63, 3.8) is 0 Å². The van der Waals surface area contributed by atoms with Gasteiger partial charge in [-0.25, -0.2) is 8.42 Å². The van der Waals surface area contributed by atoms with Gasteiger partial charge in [0.15, 0.2) is 18.2 Å². The predicted molar refractivity (Wildman–Crippen MR) is 133 cm³/mol. The molecular formula is C25H40O8SSi. The molecule has 10 heteroatoms. The van der Waals surface area contributed by atoms with E-state index in [4.69, 9.17) is 28.1 Å². The van der Waals surface area contributed by atoms with Crippen molar-refractivity contribution in [3.8, 4) is 0 Å². The van der Waals surface area contributed by atoms with Crippen molar-refractivity contribution in [2.75, 3.05) is 20.0 Å². The highest BCUT2D eigenvalue weighted by Crippen LogP contribution is 2.56. The number of ether oxygens (including phenoxy) is 5. The lowest BCUT2D eigenvalue weighted by Gasteiger charge is -2.55. The molecule has 3 aliphatic rings. The molecule has 198 valence electrons. The van der Waals surface area contributed by atoms with Gasteiger partial charge in [0.05, 0.1) is 16.8 Å². The molecule has 0 amide bonds. The standard InChI is InChI=1S/C25H40O8SSi/c1-22(2,3)35(8,9)33-20-19-18(30-23(4,28-6)24(5,29-7)31-19)15-25(21(20)32-25)16-34(26,27)17-13-11-10-12-14-17/h10-14,18-21H,15-16H2,1-9H3/t18-,19+,20+,21-,23+,24+,25-/m1/s1. The van der Waals surface area contributed by atoms with Gasteiger partial charge in [0.25, 0.3) is 0 Å². The zero-order valence-electron chi connectivity index (χ0n) is 22.3. The molecule has 1 saturated carbocycles. The summed E-state index contributed by atoms with van der Waals surface area (Å²) in [6.45, 7) is 14.4. The van der Waals surface area contributed by atoms with E-state index in [1.165, 1.54) is 0 Å². The Morgan fingerprint density at radius 1 is 1.00 bits per heavy atom. The Morgan fingerprint density at radius 3 is 2.11 bits per heavy atom. The maximum atomic E-state index is 13.3. The second-order valence-corrected chi connectivity index (χ2v) is 18.5. The molecule has 1 aliphatic carbocycles. The summed E-state index contributed by atoms with van der Waals surface area (Å²) in [5, 5.41) is -0.0608. The minimum absolute atomic E-state index is 0.0608. The van der Waals surface area contributed by atoms with E-state index in [2.05, 4.69) is 33.9 Å². The van der Waals surface area contributed by atoms with E-state index in [0.717, 1.165) is 0 Å². The van der Waals surface area contributed by atoms with Crippen LogP contribution >= 0.6 is 0 Å². The second-order valence-electron chi connectivity index (χ2n) is 11.8. The van der Waals surface area contributed by atoms with Crippen molar-refractivity contribution in [2.24, 2.45) is 0 Å². The lowest BCUT2D eigenvalue weighted by molar-refractivity contribution is -0.456. The van der Waals surface area contributed by atoms with Gasteiger partial charge in [-0.1, -0.05) is 39.0 Å². The first kappa shape index (κ1) is 27.2. The van der Waals surface area contributed by atoms with Crippen molar-refractivity contribution in [2.45, 2.75) is 106 Å². The normalized spacial score (nSPS) is 39.6. The second kappa shape index (κ2) is 8.59. The first-order chi connectivity index (χ1) is 16.0. The summed E-state index contributed by atoms with van der Waals surface area (Å²) in [5.74, 6) is -2.54. The third-order valence-corrected chi connectivity index (χ3v) is 14.8. The third kappa shape index (κ3) is 4.54. The van der Waals surface area contributed by atoms with Crippen molar-refractivity contribution in [1.82, 2.24) is 0 Å². The van der Waals surface area contributed by atoms with Gasteiger partial charge in [0, 0.05) is 20.6 Å². The molecule has 0 bridgehead atoms. The fourth-order valence-corrected chi connectivity index (χ4v) is 7.95. The summed E-state index contributed by atoms with van der Waals surface area (Å²) in [4.78, 5) is 0.280. The molecule has 1 aromatic rings. The van der Waals surface area contributed by atoms with E-state index in [-0.39, 0.29) is 15.7 Å². The highest BCUT2D eigenvalue weighted by atomic mass is 32.2. The average Bonchev–Trinajstić information content (AvgIpc) is 3.47. The molecule has 4 rings (SSSR count). The van der Waals surface area contributed by atoms with E-state index in [1.54, 1.807) is 58.4 Å². The number of hydrogen-bond acceptors (Lipinski definition) is 8. The number of hydrogen-bond donors (Lipinski definition) is 0. The molecular weight excluding hydrogens is 488 g/mol. The largest absolute Gasteiger partial charge is 0.408 e. The molecule has 2 saturated heterocycles. The number of benzene rings is 1. The average molecular weight is 529 g/mol. The molecule has 35 heavy (non-hydrogen) atoms. The van der Waals surface area contributed by atoms with Gasteiger partial charge in [-0.05, 0) is 44.1 Å². The van der Waals surface area contributed by atoms with E-state index < -0.39 is 59.7 Å². The van der Waals surface area contributed by atoms with Gasteiger partial charge in [0.2, 0.25) is 11.6 Å². The van der Waals surface area contributed by atoms with Crippen LogP contribution in [0.5, 0.6) is 0 Å². The molecule has 2 aliphatic heterocycles. The predicted octanol–water partition coefficient (Wildman–Crippen LogP) is 3.90. The van der Waals surface area contributed by atoms with Crippen LogP contribution in [0.15, 0.2) is 35.2 Å². The molecule has 8 nitrogen and oxygen atoms in total. The van der Waals surface area contributed by atoms with E-state index in [0.29, 0.717) is 6.42 Å². The van der Waals surface area contributed by atoms with Gasteiger partial charge < -0.3 is 28.1 Å². The summed E-state index contributed by atoms with van der Waals surface area (Å²) in [5.41, 5.74) is -0.915. The van der Waals surface area contributed by atoms with Crippen molar-refractivity contribution < 1.29 is 36.5 Å². The molecule has 0 radical (unpaired) electrons. The molecule has 1 aromatic carbocycles. The smallest absolute Gasteiger partial charge is 0.220 e. The SMILES string of the molecule is CO[C@@]1(C)O[C@@H]2[C@H](O[Si](C)(C)C(C)(C)C)[C@H]3O[C@@]3(CS(=O)(=O)c3ccccc3)C[C@H]2O[C@]1(C)OC. The molecule has 0 N–H and O–H groups in total. The van der Waals surface area contributed by atoms with Gasteiger partial charge in [-0.3, -0.25) is 0 Å². The molecule has 7 atom stereocenters. The van der Waals surface area contributed by atoms with E-state index >= 15 is 0 Å². The van der Waals surface area contributed by atoms with Crippen LogP contribution in [0.25, 0.3) is 0 Å². The Kier molecular flexibility index (Phi) is 6.67. The van der Waals surface area contributed by atoms with Gasteiger partial charge in [-0.2, -0.15) is 0 Å². The molecule has 2 heterocycles. The topological polar surface area (TPSA) is 92.8 Å². The summed E-state index contributed by atoms with van der Waals surface area (Å²) >= 11 is 0. The van der Waals surface area contributed by atoms with Crippen LogP contribution in [-0.2, 0) is 37.9 Å². The number of rotatable bonds is 7. The minimum atomic E-state index is -3.59. The first-order valence-corrected chi connectivity index (χ1v) is 16.7. The van der Waals surface area contributed by atoms with Crippen LogP contribution in [0.2, 0.25) is 18.1 Å². The Balaban J connectivity index is 1.71. The number of epoxide rings is 1. The Hall–Kier alpha value is -0.853. The quantitative estimate of drug-likeness (QED) is 0.389. The maximum absolute atomic E-state index is 13.3. The molecule has 0 aromatic heterocycles. The zero-order valence-corrected chi connectivity index (χ0v) is 24.1. The van der Waals surface area contributed by atoms with E-state index in [9.17, 15) is 8.42 Å². The Morgan fingerprint density at radius 2 is 1.57 bits per heavy atom. The number of methoxy groups -OCH3 is 2. The van der Waals surface area contributed by atoms with Gasteiger partial charge in [-0.15, -0.1) is 0 Å². The fourth-order valence-electron chi connectivity index (χ4n) is 4.93. The van der Waals surface area contributed by atoms with Gasteiger partial charge >= 0.3 is 0 Å². The van der Waals surface area contributed by atoms with Crippen molar-refractivity contribution in [3.05, 3.63) is 30.3 Å². The van der Waals surface area contributed by atoms with Crippen LogP contribution in [0.1, 0.15) is 41.0 Å². The molecule has 3 fully saturated rings. The lowest BCUT2D eigenvalue weighted by atomic mass is 9.82. The maximum Gasteiger partial charge on any atom is 0.220 e. The Labute approximate surface area is 210 Å². The summed E-state index contributed by atoms with van der Waals surface area (Å²) < 4.78 is 64.3. The van der Waals surface area contributed by atoms with Gasteiger partial charge in [0.1, 0.15) is 23.9 Å². The summed E-state index contributed by atoms with van der Waals surface area (Å²) in [6, 6.07) is 8.48. The highest BCUT2D eigenvalue weighted by molar-refractivity contribution is 7.91. The Bertz CT molecular complexity index is 1040. The third-order valence-electron chi connectivity index (χ3n) is 8.47. The number of sulfone groups is 1. The van der Waals surface area contributed by atoms with Crippen LogP contribution in [0.4, 0.5) is 0 Å². The zero-order chi connectivity index (χ0) is 26.1. The van der Waals surface area contributed by atoms with Crippen LogP contribution in [0.3, 0.4) is 0 Å². The van der Waals surface area contributed by atoms with E-state index in [1.807, 2.05) is 0 Å². The van der Waals surface area contributed by atoms with Crippen molar-refractivity contribution >= 4 is 18.2 Å². The lowest BCUT2D eigenvalue weighted by Crippen LogP contribution is -2.70. The monoisotopic (exact) mass is 528 g/mol. The van der Waals surface area contributed by atoms with Crippen LogP contribution < -0.4 is 0 Å². The summed E-state index contributed by atoms with van der Waals surface area (Å²) in [7, 11) is -2.78. The molecule has 0 spiro atoms. The fraction of sp³-hybridized carbons (Fsp3) is 0.760. The summed E-state index contributed by atoms with van der Waals surface area (Å²) in [6.07, 6.45) is -1.57.